The Morgan fingerprint density at radius 3 is 2.95 bits per heavy atom. The van der Waals surface area contributed by atoms with E-state index < -0.39 is 0 Å². The van der Waals surface area contributed by atoms with Gasteiger partial charge in [0.15, 0.2) is 5.16 Å². The molecular formula is C15H21N3OS2. The van der Waals surface area contributed by atoms with E-state index in [1.807, 2.05) is 0 Å². The molecule has 114 valence electrons. The molecule has 0 saturated carbocycles. The third-order valence-corrected chi connectivity index (χ3v) is 5.70. The van der Waals surface area contributed by atoms with Gasteiger partial charge in [0.2, 0.25) is 0 Å². The molecule has 0 spiro atoms. The standard InChI is InChI=1S/C15H21N3OS2/c1-4-5-6-20-14-17-12(16)11-9-7-15(2,3)19-8-10(9)21-13(11)18-14/h4-8H2,1-3H3,(H2,16,17,18). The molecule has 0 amide bonds. The van der Waals surface area contributed by atoms with Crippen molar-refractivity contribution in [2.75, 3.05) is 11.5 Å². The van der Waals surface area contributed by atoms with E-state index in [2.05, 4.69) is 25.8 Å². The molecule has 4 nitrogen and oxygen atoms in total. The van der Waals surface area contributed by atoms with Crippen LogP contribution in [0.1, 0.15) is 44.1 Å². The Bertz CT molecular complexity index is 666. The van der Waals surface area contributed by atoms with E-state index >= 15 is 0 Å². The van der Waals surface area contributed by atoms with Crippen LogP contribution in [0.4, 0.5) is 5.82 Å². The molecule has 3 heterocycles. The molecule has 1 aliphatic rings. The minimum Gasteiger partial charge on any atom is -0.383 e. The molecule has 6 heteroatoms. The lowest BCUT2D eigenvalue weighted by Crippen LogP contribution is -2.31. The summed E-state index contributed by atoms with van der Waals surface area (Å²) < 4.78 is 5.89. The van der Waals surface area contributed by atoms with E-state index in [0.29, 0.717) is 12.4 Å². The first-order valence-corrected chi connectivity index (χ1v) is 9.15. The minimum atomic E-state index is -0.137. The normalized spacial score (nSPS) is 17.1. The first-order valence-electron chi connectivity index (χ1n) is 7.34. The number of nitrogens with two attached hydrogens (primary N) is 1. The number of thioether (sulfide) groups is 1. The number of hydrogen-bond acceptors (Lipinski definition) is 6. The lowest BCUT2D eigenvalue weighted by molar-refractivity contribution is -0.0379. The fraction of sp³-hybridized carbons (Fsp3) is 0.600. The highest BCUT2D eigenvalue weighted by Gasteiger charge is 2.30. The molecule has 0 saturated heterocycles. The Morgan fingerprint density at radius 2 is 2.19 bits per heavy atom. The predicted octanol–water partition coefficient (Wildman–Crippen LogP) is 4.02. The average Bonchev–Trinajstić information content (AvgIpc) is 2.75. The van der Waals surface area contributed by atoms with E-state index in [4.69, 9.17) is 15.5 Å². The van der Waals surface area contributed by atoms with Crippen LogP contribution in [0.5, 0.6) is 0 Å². The first-order chi connectivity index (χ1) is 10.00. The Labute approximate surface area is 133 Å². The van der Waals surface area contributed by atoms with E-state index in [1.54, 1.807) is 23.1 Å². The zero-order valence-corrected chi connectivity index (χ0v) is 14.4. The lowest BCUT2D eigenvalue weighted by Gasteiger charge is -2.30. The Morgan fingerprint density at radius 1 is 1.38 bits per heavy atom. The maximum atomic E-state index is 6.22. The second kappa shape index (κ2) is 5.74. The van der Waals surface area contributed by atoms with Crippen LogP contribution in [0.25, 0.3) is 10.2 Å². The van der Waals surface area contributed by atoms with Gasteiger partial charge in [0, 0.05) is 17.1 Å². The molecule has 3 rings (SSSR count). The number of rotatable bonds is 4. The maximum Gasteiger partial charge on any atom is 0.190 e. The molecular weight excluding hydrogens is 302 g/mol. The van der Waals surface area contributed by atoms with Gasteiger partial charge in [-0.25, -0.2) is 9.97 Å². The van der Waals surface area contributed by atoms with Crippen molar-refractivity contribution in [2.45, 2.75) is 57.4 Å². The molecule has 0 unspecified atom stereocenters. The smallest absolute Gasteiger partial charge is 0.190 e. The Hall–Kier alpha value is -0.850. The molecule has 1 aliphatic heterocycles. The highest BCUT2D eigenvalue weighted by Crippen LogP contribution is 2.40. The minimum absolute atomic E-state index is 0.137. The fourth-order valence-corrected chi connectivity index (χ4v) is 4.63. The van der Waals surface area contributed by atoms with Gasteiger partial charge in [0.05, 0.1) is 17.6 Å². The summed E-state index contributed by atoms with van der Waals surface area (Å²) in [5, 5.41) is 1.85. The van der Waals surface area contributed by atoms with Crippen molar-refractivity contribution in [1.29, 1.82) is 0 Å². The molecule has 0 aromatic carbocycles. The van der Waals surface area contributed by atoms with Crippen molar-refractivity contribution in [3.63, 3.8) is 0 Å². The molecule has 2 N–H and O–H groups in total. The summed E-state index contributed by atoms with van der Waals surface area (Å²) in [6.45, 7) is 7.08. The van der Waals surface area contributed by atoms with Crippen molar-refractivity contribution in [1.82, 2.24) is 9.97 Å². The summed E-state index contributed by atoms with van der Waals surface area (Å²) in [5.74, 6) is 1.66. The summed E-state index contributed by atoms with van der Waals surface area (Å²) in [7, 11) is 0. The maximum absolute atomic E-state index is 6.22. The SMILES string of the molecule is CCCCSc1nc(N)c2c3c(sc2n1)COC(C)(C)C3. The summed E-state index contributed by atoms with van der Waals surface area (Å²) in [6.07, 6.45) is 3.23. The number of anilines is 1. The van der Waals surface area contributed by atoms with Gasteiger partial charge in [0.1, 0.15) is 10.6 Å². The zero-order valence-electron chi connectivity index (χ0n) is 12.7. The lowest BCUT2D eigenvalue weighted by atomic mass is 9.94. The van der Waals surface area contributed by atoms with Crippen molar-refractivity contribution >= 4 is 39.1 Å². The molecule has 0 bridgehead atoms. The molecule has 2 aromatic heterocycles. The van der Waals surface area contributed by atoms with Crippen LogP contribution in [0, 0.1) is 0 Å². The van der Waals surface area contributed by atoms with Crippen LogP contribution in [0.3, 0.4) is 0 Å². The molecule has 21 heavy (non-hydrogen) atoms. The average molecular weight is 323 g/mol. The van der Waals surface area contributed by atoms with Crippen LogP contribution >= 0.6 is 23.1 Å². The Kier molecular flexibility index (Phi) is 4.12. The van der Waals surface area contributed by atoms with Crippen molar-refractivity contribution < 1.29 is 4.74 Å². The topological polar surface area (TPSA) is 61.0 Å². The summed E-state index contributed by atoms with van der Waals surface area (Å²) in [5.41, 5.74) is 7.37. The van der Waals surface area contributed by atoms with Gasteiger partial charge < -0.3 is 10.5 Å². The highest BCUT2D eigenvalue weighted by molar-refractivity contribution is 7.99. The first kappa shape index (κ1) is 15.1. The van der Waals surface area contributed by atoms with Gasteiger partial charge in [-0.05, 0) is 25.8 Å². The van der Waals surface area contributed by atoms with Crippen LogP contribution in [0.15, 0.2) is 5.16 Å². The van der Waals surface area contributed by atoms with Gasteiger partial charge in [-0.1, -0.05) is 25.1 Å². The number of hydrogen-bond donors (Lipinski definition) is 1. The van der Waals surface area contributed by atoms with E-state index in [1.165, 1.54) is 23.3 Å². The second-order valence-electron chi connectivity index (χ2n) is 6.00. The quantitative estimate of drug-likeness (QED) is 0.523. The third kappa shape index (κ3) is 3.03. The number of thiophene rings is 1. The van der Waals surface area contributed by atoms with Gasteiger partial charge in [-0.2, -0.15) is 0 Å². The molecule has 0 radical (unpaired) electrons. The van der Waals surface area contributed by atoms with Crippen LogP contribution in [0.2, 0.25) is 0 Å². The van der Waals surface area contributed by atoms with Crippen LogP contribution < -0.4 is 5.73 Å². The van der Waals surface area contributed by atoms with Gasteiger partial charge >= 0.3 is 0 Å². The fourth-order valence-electron chi connectivity index (χ4n) is 2.53. The number of fused-ring (bicyclic) bond motifs is 3. The number of nitrogens with zero attached hydrogens (tertiary/aromatic N) is 2. The van der Waals surface area contributed by atoms with Crippen molar-refractivity contribution in [3.05, 3.63) is 10.4 Å². The monoisotopic (exact) mass is 323 g/mol. The largest absolute Gasteiger partial charge is 0.383 e. The Balaban J connectivity index is 1.98. The number of ether oxygens (including phenoxy) is 1. The van der Waals surface area contributed by atoms with E-state index in [-0.39, 0.29) is 5.60 Å². The summed E-state index contributed by atoms with van der Waals surface area (Å²) in [6, 6.07) is 0. The predicted molar refractivity (Wildman–Crippen MR) is 90.0 cm³/mol. The third-order valence-electron chi connectivity index (χ3n) is 3.67. The molecule has 0 atom stereocenters. The van der Waals surface area contributed by atoms with Gasteiger partial charge in [-0.3, -0.25) is 0 Å². The van der Waals surface area contributed by atoms with Crippen LogP contribution in [-0.2, 0) is 17.8 Å². The molecule has 2 aromatic rings. The summed E-state index contributed by atoms with van der Waals surface area (Å²) in [4.78, 5) is 11.5. The van der Waals surface area contributed by atoms with E-state index in [9.17, 15) is 0 Å². The van der Waals surface area contributed by atoms with Crippen LogP contribution in [-0.4, -0.2) is 21.3 Å². The van der Waals surface area contributed by atoms with Crippen molar-refractivity contribution in [3.8, 4) is 0 Å². The number of unbranched alkanes of at least 4 members (excludes halogenated alkanes) is 1. The number of aromatic nitrogens is 2. The van der Waals surface area contributed by atoms with Crippen molar-refractivity contribution in [2.24, 2.45) is 0 Å². The number of nitrogen functional groups attached to an aromatic ring is 1. The highest BCUT2D eigenvalue weighted by atomic mass is 32.2. The van der Waals surface area contributed by atoms with Gasteiger partial charge in [0.25, 0.3) is 0 Å². The second-order valence-corrected chi connectivity index (χ2v) is 8.15. The molecule has 0 aliphatic carbocycles. The zero-order chi connectivity index (χ0) is 15.0. The van der Waals surface area contributed by atoms with Gasteiger partial charge in [-0.15, -0.1) is 11.3 Å². The summed E-state index contributed by atoms with van der Waals surface area (Å²) >= 11 is 3.39. The van der Waals surface area contributed by atoms with E-state index in [0.717, 1.165) is 27.5 Å². The molecule has 0 fully saturated rings.